The molecule has 0 aliphatic rings. The fourth-order valence-corrected chi connectivity index (χ4v) is 3.80. The lowest BCUT2D eigenvalue weighted by Crippen LogP contribution is -2.17. The van der Waals surface area contributed by atoms with Gasteiger partial charge in [-0.15, -0.1) is 0 Å². The molecule has 0 atom stereocenters. The molecule has 0 fully saturated rings. The largest absolute Gasteiger partial charge is 0.478 e. The molecule has 0 bridgehead atoms. The van der Waals surface area contributed by atoms with E-state index >= 15 is 0 Å². The Morgan fingerprint density at radius 1 is 1.17 bits per heavy atom. The summed E-state index contributed by atoms with van der Waals surface area (Å²) < 4.78 is 28.0. The van der Waals surface area contributed by atoms with Crippen molar-refractivity contribution >= 4 is 21.7 Å². The maximum absolute atomic E-state index is 12.7. The third kappa shape index (κ3) is 3.53. The van der Waals surface area contributed by atoms with Gasteiger partial charge in [0.25, 0.3) is 10.0 Å². The van der Waals surface area contributed by atoms with Crippen LogP contribution in [0.4, 0.5) is 5.69 Å². The molecule has 6 heteroatoms. The highest BCUT2D eigenvalue weighted by Crippen LogP contribution is 2.25. The summed E-state index contributed by atoms with van der Waals surface area (Å²) in [6.07, 6.45) is 0.686. The van der Waals surface area contributed by atoms with Crippen LogP contribution in [0.15, 0.2) is 41.3 Å². The second kappa shape index (κ2) is 6.42. The lowest BCUT2D eigenvalue weighted by molar-refractivity contribution is 0.0696. The summed E-state index contributed by atoms with van der Waals surface area (Å²) >= 11 is 0. The molecule has 0 spiro atoms. The maximum atomic E-state index is 12.7. The predicted octanol–water partition coefficient (Wildman–Crippen LogP) is 3.36. The molecule has 0 unspecified atom stereocenters. The molecule has 0 saturated heterocycles. The number of benzene rings is 2. The second-order valence-corrected chi connectivity index (χ2v) is 6.99. The molecule has 0 aliphatic heterocycles. The number of aryl methyl sites for hydroxylation is 2. The smallest absolute Gasteiger partial charge is 0.335 e. The van der Waals surface area contributed by atoms with Crippen LogP contribution in [-0.2, 0) is 16.4 Å². The summed E-state index contributed by atoms with van der Waals surface area (Å²) in [5.74, 6) is -1.15. The van der Waals surface area contributed by atoms with E-state index < -0.39 is 16.0 Å². The van der Waals surface area contributed by atoms with Crippen molar-refractivity contribution in [1.82, 2.24) is 0 Å². The minimum Gasteiger partial charge on any atom is -0.478 e. The number of nitrogens with one attached hydrogen (secondary N) is 1. The number of anilines is 1. The first-order chi connectivity index (χ1) is 10.8. The van der Waals surface area contributed by atoms with Gasteiger partial charge in [0.15, 0.2) is 0 Å². The van der Waals surface area contributed by atoms with E-state index in [1.54, 1.807) is 26.0 Å². The van der Waals surface area contributed by atoms with Gasteiger partial charge in [0.2, 0.25) is 0 Å². The Balaban J connectivity index is 2.54. The zero-order valence-corrected chi connectivity index (χ0v) is 14.1. The van der Waals surface area contributed by atoms with E-state index in [2.05, 4.69) is 4.72 Å². The number of hydrogen-bond acceptors (Lipinski definition) is 3. The van der Waals surface area contributed by atoms with E-state index in [1.807, 2.05) is 19.1 Å². The molecule has 0 aliphatic carbocycles. The first-order valence-corrected chi connectivity index (χ1v) is 8.70. The Kier molecular flexibility index (Phi) is 4.75. The number of sulfonamides is 1. The van der Waals surface area contributed by atoms with Gasteiger partial charge in [0.1, 0.15) is 0 Å². The molecule has 0 radical (unpaired) electrons. The standard InChI is InChI=1S/C17H19NO4S/c1-4-13-7-5-6-8-15(13)18-23(21,22)16-10-14(17(19)20)9-11(2)12(16)3/h5-10,18H,4H2,1-3H3,(H,19,20). The quantitative estimate of drug-likeness (QED) is 0.879. The van der Waals surface area contributed by atoms with Crippen molar-refractivity contribution in [3.8, 4) is 0 Å². The Bertz CT molecular complexity index is 857. The van der Waals surface area contributed by atoms with Gasteiger partial charge >= 0.3 is 5.97 Å². The Hall–Kier alpha value is -2.34. The minimum absolute atomic E-state index is 0.0131. The van der Waals surface area contributed by atoms with Crippen LogP contribution in [0.1, 0.15) is 34.0 Å². The van der Waals surface area contributed by atoms with Gasteiger partial charge < -0.3 is 5.11 Å². The van der Waals surface area contributed by atoms with Crippen LogP contribution in [-0.4, -0.2) is 19.5 Å². The molecule has 2 N–H and O–H groups in total. The lowest BCUT2D eigenvalue weighted by atomic mass is 10.1. The Morgan fingerprint density at radius 3 is 2.43 bits per heavy atom. The molecule has 23 heavy (non-hydrogen) atoms. The normalized spacial score (nSPS) is 11.3. The molecule has 2 aromatic carbocycles. The highest BCUT2D eigenvalue weighted by atomic mass is 32.2. The van der Waals surface area contributed by atoms with Crippen molar-refractivity contribution in [2.24, 2.45) is 0 Å². The number of carboxylic acids is 1. The molecular formula is C17H19NO4S. The Morgan fingerprint density at radius 2 is 1.83 bits per heavy atom. The summed E-state index contributed by atoms with van der Waals surface area (Å²) in [7, 11) is -3.87. The molecule has 0 aromatic heterocycles. The van der Waals surface area contributed by atoms with Crippen molar-refractivity contribution in [2.45, 2.75) is 32.1 Å². The van der Waals surface area contributed by atoms with E-state index in [0.29, 0.717) is 23.2 Å². The van der Waals surface area contributed by atoms with E-state index in [9.17, 15) is 13.2 Å². The van der Waals surface area contributed by atoms with Crippen LogP contribution in [0, 0.1) is 13.8 Å². The van der Waals surface area contributed by atoms with Crippen LogP contribution in [0.3, 0.4) is 0 Å². The predicted molar refractivity (Wildman–Crippen MR) is 89.5 cm³/mol. The number of carbonyl (C=O) groups is 1. The van der Waals surface area contributed by atoms with Gasteiger partial charge in [-0.25, -0.2) is 13.2 Å². The van der Waals surface area contributed by atoms with Crippen molar-refractivity contribution in [3.63, 3.8) is 0 Å². The van der Waals surface area contributed by atoms with Crippen LogP contribution < -0.4 is 4.72 Å². The second-order valence-electron chi connectivity index (χ2n) is 5.34. The van der Waals surface area contributed by atoms with Crippen molar-refractivity contribution < 1.29 is 18.3 Å². The number of aromatic carboxylic acids is 1. The molecule has 2 aromatic rings. The average Bonchev–Trinajstić information content (AvgIpc) is 2.49. The van der Waals surface area contributed by atoms with E-state index in [4.69, 9.17) is 5.11 Å². The van der Waals surface area contributed by atoms with Crippen molar-refractivity contribution in [2.75, 3.05) is 4.72 Å². The molecule has 0 amide bonds. The maximum Gasteiger partial charge on any atom is 0.335 e. The molecule has 2 rings (SSSR count). The van der Waals surface area contributed by atoms with Crippen LogP contribution in [0.5, 0.6) is 0 Å². The molecular weight excluding hydrogens is 314 g/mol. The monoisotopic (exact) mass is 333 g/mol. The van der Waals surface area contributed by atoms with Crippen molar-refractivity contribution in [3.05, 3.63) is 58.7 Å². The zero-order valence-electron chi connectivity index (χ0n) is 13.3. The van der Waals surface area contributed by atoms with Gasteiger partial charge in [-0.05, 0) is 55.2 Å². The molecule has 5 nitrogen and oxygen atoms in total. The third-order valence-electron chi connectivity index (χ3n) is 3.80. The summed E-state index contributed by atoms with van der Waals surface area (Å²) in [5.41, 5.74) is 2.50. The fourth-order valence-electron chi connectivity index (χ4n) is 2.36. The van der Waals surface area contributed by atoms with Gasteiger partial charge in [-0.1, -0.05) is 25.1 Å². The summed E-state index contributed by atoms with van der Waals surface area (Å²) in [4.78, 5) is 11.2. The van der Waals surface area contributed by atoms with Gasteiger partial charge in [0.05, 0.1) is 16.1 Å². The Labute approximate surface area is 136 Å². The fraction of sp³-hybridized carbons (Fsp3) is 0.235. The van der Waals surface area contributed by atoms with E-state index in [-0.39, 0.29) is 10.5 Å². The first-order valence-electron chi connectivity index (χ1n) is 7.21. The molecule has 122 valence electrons. The zero-order chi connectivity index (χ0) is 17.2. The SMILES string of the molecule is CCc1ccccc1NS(=O)(=O)c1cc(C(=O)O)cc(C)c1C. The summed E-state index contributed by atoms with van der Waals surface area (Å²) in [6, 6.07) is 9.81. The van der Waals surface area contributed by atoms with Gasteiger partial charge in [-0.3, -0.25) is 4.72 Å². The van der Waals surface area contributed by atoms with Gasteiger partial charge in [-0.2, -0.15) is 0 Å². The highest BCUT2D eigenvalue weighted by Gasteiger charge is 2.21. The van der Waals surface area contributed by atoms with Crippen LogP contribution in [0.25, 0.3) is 0 Å². The molecule has 0 heterocycles. The number of carboxylic acid groups (broad SMARTS) is 1. The average molecular weight is 333 g/mol. The van der Waals surface area contributed by atoms with Crippen LogP contribution in [0.2, 0.25) is 0 Å². The summed E-state index contributed by atoms with van der Waals surface area (Å²) in [5, 5.41) is 9.15. The van der Waals surface area contributed by atoms with Crippen molar-refractivity contribution in [1.29, 1.82) is 0 Å². The highest BCUT2D eigenvalue weighted by molar-refractivity contribution is 7.92. The first kappa shape index (κ1) is 17.0. The topological polar surface area (TPSA) is 83.5 Å². The van der Waals surface area contributed by atoms with E-state index in [0.717, 1.165) is 5.56 Å². The number of para-hydroxylation sites is 1. The van der Waals surface area contributed by atoms with E-state index in [1.165, 1.54) is 12.1 Å². The summed E-state index contributed by atoms with van der Waals surface area (Å²) in [6.45, 7) is 5.30. The molecule has 0 saturated carbocycles. The number of hydrogen-bond donors (Lipinski definition) is 2. The minimum atomic E-state index is -3.87. The number of rotatable bonds is 5. The van der Waals surface area contributed by atoms with Crippen LogP contribution >= 0.6 is 0 Å². The van der Waals surface area contributed by atoms with Gasteiger partial charge in [0, 0.05) is 0 Å². The third-order valence-corrected chi connectivity index (χ3v) is 5.29. The lowest BCUT2D eigenvalue weighted by Gasteiger charge is -2.15.